The molecule has 84 valence electrons. The molecule has 0 aliphatic carbocycles. The summed E-state index contributed by atoms with van der Waals surface area (Å²) in [6.45, 7) is 3.24. The molecule has 1 aromatic rings. The van der Waals surface area contributed by atoms with E-state index in [1.54, 1.807) is 6.07 Å². The normalized spacial score (nSPS) is 9.50. The molecule has 0 atom stereocenters. The number of anilines is 1. The molecule has 0 aromatic carbocycles. The van der Waals surface area contributed by atoms with Crippen molar-refractivity contribution in [1.29, 1.82) is 0 Å². The van der Waals surface area contributed by atoms with Gasteiger partial charge in [-0.05, 0) is 18.6 Å². The van der Waals surface area contributed by atoms with Crippen LogP contribution in [0.4, 0.5) is 5.82 Å². The zero-order valence-electron chi connectivity index (χ0n) is 9.05. The van der Waals surface area contributed by atoms with Gasteiger partial charge in [0.05, 0.1) is 6.54 Å². The molecule has 16 heavy (non-hydrogen) atoms. The maximum Gasteiger partial charge on any atom is 0.356 e. The first kappa shape index (κ1) is 12.0. The van der Waals surface area contributed by atoms with Crippen LogP contribution in [0.1, 0.15) is 23.8 Å². The second kappa shape index (κ2) is 5.71. The standard InChI is InChI=1S/C11H13N3O2/c1-3-7-14(8-4-2)10-6-5-9(11(15)16)12-13-10/h1,5-6H,4,7-8H2,2H3,(H,15,16). The average molecular weight is 219 g/mol. The maximum atomic E-state index is 10.6. The topological polar surface area (TPSA) is 66.3 Å². The van der Waals surface area contributed by atoms with Gasteiger partial charge in [-0.1, -0.05) is 12.8 Å². The van der Waals surface area contributed by atoms with E-state index in [0.29, 0.717) is 12.4 Å². The van der Waals surface area contributed by atoms with E-state index in [1.807, 2.05) is 11.8 Å². The van der Waals surface area contributed by atoms with E-state index in [1.165, 1.54) is 6.07 Å². The summed E-state index contributed by atoms with van der Waals surface area (Å²) >= 11 is 0. The van der Waals surface area contributed by atoms with Crippen LogP contribution in [0, 0.1) is 12.3 Å². The molecule has 0 aliphatic rings. The predicted octanol–water partition coefficient (Wildman–Crippen LogP) is 1.02. The highest BCUT2D eigenvalue weighted by molar-refractivity contribution is 5.85. The number of rotatable bonds is 5. The number of hydrogen-bond acceptors (Lipinski definition) is 4. The highest BCUT2D eigenvalue weighted by atomic mass is 16.4. The molecule has 0 saturated heterocycles. The van der Waals surface area contributed by atoms with Gasteiger partial charge in [-0.25, -0.2) is 4.79 Å². The molecule has 0 fully saturated rings. The number of carboxylic acid groups (broad SMARTS) is 1. The molecular formula is C11H13N3O2. The monoisotopic (exact) mass is 219 g/mol. The third-order valence-corrected chi connectivity index (χ3v) is 1.97. The van der Waals surface area contributed by atoms with Gasteiger partial charge in [0.15, 0.2) is 11.5 Å². The molecule has 5 nitrogen and oxygen atoms in total. The minimum atomic E-state index is -1.09. The quantitative estimate of drug-likeness (QED) is 0.749. The van der Waals surface area contributed by atoms with Crippen LogP contribution in [0.3, 0.4) is 0 Å². The largest absolute Gasteiger partial charge is 0.476 e. The first-order valence-electron chi connectivity index (χ1n) is 4.94. The predicted molar refractivity (Wildman–Crippen MR) is 60.3 cm³/mol. The summed E-state index contributed by atoms with van der Waals surface area (Å²) in [5, 5.41) is 16.1. The first-order chi connectivity index (χ1) is 7.69. The van der Waals surface area contributed by atoms with Crippen LogP contribution < -0.4 is 4.90 Å². The van der Waals surface area contributed by atoms with E-state index in [-0.39, 0.29) is 5.69 Å². The van der Waals surface area contributed by atoms with Crippen molar-refractivity contribution in [1.82, 2.24) is 10.2 Å². The molecular weight excluding hydrogens is 206 g/mol. The fraction of sp³-hybridized carbons (Fsp3) is 0.364. The molecule has 1 N–H and O–H groups in total. The summed E-state index contributed by atoms with van der Waals surface area (Å²) in [5.74, 6) is 2.05. The van der Waals surface area contributed by atoms with E-state index in [9.17, 15) is 4.79 Å². The minimum Gasteiger partial charge on any atom is -0.476 e. The third kappa shape index (κ3) is 2.95. The molecule has 0 bridgehead atoms. The summed E-state index contributed by atoms with van der Waals surface area (Å²) in [5.41, 5.74) is -0.0686. The second-order valence-electron chi connectivity index (χ2n) is 3.21. The summed E-state index contributed by atoms with van der Waals surface area (Å²) in [7, 11) is 0. The van der Waals surface area contributed by atoms with Crippen LogP contribution in [0.25, 0.3) is 0 Å². The lowest BCUT2D eigenvalue weighted by Gasteiger charge is -2.19. The smallest absolute Gasteiger partial charge is 0.356 e. The molecule has 0 saturated carbocycles. The Balaban J connectivity index is 2.85. The van der Waals surface area contributed by atoms with Gasteiger partial charge in [-0.15, -0.1) is 16.6 Å². The number of terminal acetylenes is 1. The molecule has 1 rings (SSSR count). The van der Waals surface area contributed by atoms with Crippen LogP contribution in [0.15, 0.2) is 12.1 Å². The van der Waals surface area contributed by atoms with Gasteiger partial charge in [0.1, 0.15) is 0 Å². The van der Waals surface area contributed by atoms with Crippen LogP contribution in [-0.2, 0) is 0 Å². The fourth-order valence-corrected chi connectivity index (χ4v) is 1.26. The summed E-state index contributed by atoms with van der Waals surface area (Å²) in [6.07, 6.45) is 6.18. The van der Waals surface area contributed by atoms with E-state index in [4.69, 9.17) is 11.5 Å². The zero-order valence-corrected chi connectivity index (χ0v) is 9.05. The first-order valence-corrected chi connectivity index (χ1v) is 4.94. The zero-order chi connectivity index (χ0) is 12.0. The van der Waals surface area contributed by atoms with Crippen molar-refractivity contribution in [2.75, 3.05) is 18.0 Å². The van der Waals surface area contributed by atoms with Crippen molar-refractivity contribution in [3.05, 3.63) is 17.8 Å². The SMILES string of the molecule is C#CCN(CCC)c1ccc(C(=O)O)nn1. The number of hydrogen-bond donors (Lipinski definition) is 1. The Hall–Kier alpha value is -2.09. The van der Waals surface area contributed by atoms with Crippen molar-refractivity contribution < 1.29 is 9.90 Å². The lowest BCUT2D eigenvalue weighted by Crippen LogP contribution is -2.25. The second-order valence-corrected chi connectivity index (χ2v) is 3.21. The van der Waals surface area contributed by atoms with Gasteiger partial charge in [-0.2, -0.15) is 0 Å². The Morgan fingerprint density at radius 3 is 2.75 bits per heavy atom. The van der Waals surface area contributed by atoms with Crippen LogP contribution in [0.5, 0.6) is 0 Å². The summed E-state index contributed by atoms with van der Waals surface area (Å²) < 4.78 is 0. The van der Waals surface area contributed by atoms with Gasteiger partial charge < -0.3 is 10.0 Å². The van der Waals surface area contributed by atoms with E-state index >= 15 is 0 Å². The van der Waals surface area contributed by atoms with E-state index < -0.39 is 5.97 Å². The summed E-state index contributed by atoms with van der Waals surface area (Å²) in [4.78, 5) is 12.5. The van der Waals surface area contributed by atoms with Crippen molar-refractivity contribution in [3.63, 3.8) is 0 Å². The Bertz CT molecular complexity index is 395. The van der Waals surface area contributed by atoms with Gasteiger partial charge in [-0.3, -0.25) is 0 Å². The molecule has 0 unspecified atom stereocenters. The van der Waals surface area contributed by atoms with Gasteiger partial charge >= 0.3 is 5.97 Å². The van der Waals surface area contributed by atoms with Gasteiger partial charge in [0.25, 0.3) is 0 Å². The maximum absolute atomic E-state index is 10.6. The molecule has 1 heterocycles. The van der Waals surface area contributed by atoms with E-state index in [0.717, 1.165) is 13.0 Å². The number of carbonyl (C=O) groups is 1. The Morgan fingerprint density at radius 1 is 1.56 bits per heavy atom. The highest BCUT2D eigenvalue weighted by Crippen LogP contribution is 2.09. The minimum absolute atomic E-state index is 0.0686. The average Bonchev–Trinajstić information content (AvgIpc) is 2.29. The number of carboxylic acids is 1. The molecule has 5 heteroatoms. The van der Waals surface area contributed by atoms with Crippen LogP contribution in [0.2, 0.25) is 0 Å². The Morgan fingerprint density at radius 2 is 2.31 bits per heavy atom. The lowest BCUT2D eigenvalue weighted by molar-refractivity contribution is 0.0689. The van der Waals surface area contributed by atoms with Crippen LogP contribution in [-0.4, -0.2) is 34.4 Å². The van der Waals surface area contributed by atoms with Gasteiger partial charge in [0.2, 0.25) is 0 Å². The molecule has 0 radical (unpaired) electrons. The Kier molecular flexibility index (Phi) is 4.28. The highest BCUT2D eigenvalue weighted by Gasteiger charge is 2.09. The van der Waals surface area contributed by atoms with Gasteiger partial charge in [0, 0.05) is 6.54 Å². The lowest BCUT2D eigenvalue weighted by atomic mass is 10.3. The number of aromatic nitrogens is 2. The molecule has 1 aromatic heterocycles. The van der Waals surface area contributed by atoms with Crippen molar-refractivity contribution >= 4 is 11.8 Å². The molecule has 0 aliphatic heterocycles. The number of nitrogens with zero attached hydrogens (tertiary/aromatic N) is 3. The van der Waals surface area contributed by atoms with Crippen LogP contribution >= 0.6 is 0 Å². The number of aromatic carboxylic acids is 1. The molecule has 0 amide bonds. The third-order valence-electron chi connectivity index (χ3n) is 1.97. The summed E-state index contributed by atoms with van der Waals surface area (Å²) in [6, 6.07) is 3.04. The fourth-order valence-electron chi connectivity index (χ4n) is 1.26. The van der Waals surface area contributed by atoms with E-state index in [2.05, 4.69) is 16.1 Å². The van der Waals surface area contributed by atoms with Crippen molar-refractivity contribution in [2.24, 2.45) is 0 Å². The Labute approximate surface area is 94.1 Å². The molecule has 0 spiro atoms. The van der Waals surface area contributed by atoms with Crippen molar-refractivity contribution in [3.8, 4) is 12.3 Å². The van der Waals surface area contributed by atoms with Crippen molar-refractivity contribution in [2.45, 2.75) is 13.3 Å².